The maximum Gasteiger partial charge on any atom is 0.284 e. The highest BCUT2D eigenvalue weighted by atomic mass is 16.3. The van der Waals surface area contributed by atoms with Crippen LogP contribution in [0.25, 0.3) is 11.3 Å². The lowest BCUT2D eigenvalue weighted by Crippen LogP contribution is -2.23. The molecule has 0 saturated carbocycles. The van der Waals surface area contributed by atoms with E-state index in [2.05, 4.69) is 15.5 Å². The lowest BCUT2D eigenvalue weighted by Gasteiger charge is -2.07. The summed E-state index contributed by atoms with van der Waals surface area (Å²) in [7, 11) is 0. The molecule has 0 saturated heterocycles. The number of rotatable bonds is 5. The summed E-state index contributed by atoms with van der Waals surface area (Å²) >= 11 is 0. The first-order valence-electron chi connectivity index (χ1n) is 9.45. The minimum atomic E-state index is -0.627. The Morgan fingerprint density at radius 1 is 1.14 bits per heavy atom. The molecule has 0 spiro atoms. The van der Waals surface area contributed by atoms with Crippen LogP contribution in [0.5, 0.6) is 0 Å². The summed E-state index contributed by atoms with van der Waals surface area (Å²) < 4.78 is 5.44. The lowest BCUT2D eigenvalue weighted by atomic mass is 10.1. The van der Waals surface area contributed by atoms with E-state index in [9.17, 15) is 9.59 Å². The molecule has 2 heterocycles. The van der Waals surface area contributed by atoms with Gasteiger partial charge in [-0.25, -0.2) is 0 Å². The average Bonchev–Trinajstić information content (AvgIpc) is 3.28. The second-order valence-corrected chi connectivity index (χ2v) is 6.98. The molecule has 0 aliphatic heterocycles. The number of H-pyrrole nitrogens is 1. The highest BCUT2D eigenvalue weighted by Gasteiger charge is 2.17. The number of hydrogen-bond acceptors (Lipinski definition) is 4. The van der Waals surface area contributed by atoms with Crippen molar-refractivity contribution < 1.29 is 14.0 Å². The van der Waals surface area contributed by atoms with E-state index in [0.29, 0.717) is 23.4 Å². The van der Waals surface area contributed by atoms with Crippen LogP contribution in [0, 0.1) is 0 Å². The van der Waals surface area contributed by atoms with Crippen molar-refractivity contribution in [1.29, 1.82) is 0 Å². The summed E-state index contributed by atoms with van der Waals surface area (Å²) in [4.78, 5) is 23.8. The normalized spacial score (nSPS) is 13.6. The van der Waals surface area contributed by atoms with Crippen molar-refractivity contribution in [2.45, 2.75) is 38.6 Å². The summed E-state index contributed by atoms with van der Waals surface area (Å²) in [5.41, 5.74) is 9.80. The third-order valence-corrected chi connectivity index (χ3v) is 5.07. The van der Waals surface area contributed by atoms with E-state index in [1.54, 1.807) is 24.3 Å². The Bertz CT molecular complexity index is 1020. The van der Waals surface area contributed by atoms with E-state index < -0.39 is 5.91 Å². The average molecular weight is 378 g/mol. The molecular weight excluding hydrogens is 356 g/mol. The van der Waals surface area contributed by atoms with Crippen molar-refractivity contribution >= 4 is 11.8 Å². The Kier molecular flexibility index (Phi) is 4.97. The first kappa shape index (κ1) is 18.0. The van der Waals surface area contributed by atoms with E-state index in [4.69, 9.17) is 10.2 Å². The molecule has 4 N–H and O–H groups in total. The number of amides is 2. The van der Waals surface area contributed by atoms with E-state index in [0.717, 1.165) is 25.0 Å². The first-order valence-corrected chi connectivity index (χ1v) is 9.45. The molecule has 7 heteroatoms. The molecule has 0 atom stereocenters. The zero-order chi connectivity index (χ0) is 19.5. The molecule has 2 amide bonds. The van der Waals surface area contributed by atoms with Crippen LogP contribution in [0.3, 0.4) is 0 Å². The number of aryl methyl sites for hydroxylation is 1. The summed E-state index contributed by atoms with van der Waals surface area (Å²) in [5, 5.41) is 10.5. The van der Waals surface area contributed by atoms with Crippen molar-refractivity contribution in [1.82, 2.24) is 15.5 Å². The van der Waals surface area contributed by atoms with Crippen molar-refractivity contribution in [2.24, 2.45) is 5.73 Å². The van der Waals surface area contributed by atoms with Gasteiger partial charge in [-0.3, -0.25) is 14.7 Å². The number of nitrogens with two attached hydrogens (primary N) is 1. The molecule has 2 aromatic heterocycles. The predicted octanol–water partition coefficient (Wildman–Crippen LogP) is 2.97. The number of nitrogens with zero attached hydrogens (tertiary/aromatic N) is 1. The van der Waals surface area contributed by atoms with Crippen LogP contribution in [0.1, 0.15) is 57.1 Å². The zero-order valence-corrected chi connectivity index (χ0v) is 15.5. The Morgan fingerprint density at radius 3 is 2.82 bits per heavy atom. The SMILES string of the molecule is NC(=O)c1ccc(-c2cccc(C(=O)NCc3n[nH]c4c3CCCCC4)c2)o1. The molecule has 0 radical (unpaired) electrons. The predicted molar refractivity (Wildman–Crippen MR) is 104 cm³/mol. The van der Waals surface area contributed by atoms with Gasteiger partial charge in [0.05, 0.1) is 12.2 Å². The number of aromatic nitrogens is 2. The number of fused-ring (bicyclic) bond motifs is 1. The van der Waals surface area contributed by atoms with E-state index >= 15 is 0 Å². The molecule has 0 unspecified atom stereocenters. The maximum atomic E-state index is 12.6. The number of carbonyl (C=O) groups is 2. The molecule has 1 aliphatic carbocycles. The van der Waals surface area contributed by atoms with Gasteiger partial charge in [0.2, 0.25) is 0 Å². The van der Waals surface area contributed by atoms with E-state index in [1.807, 2.05) is 6.07 Å². The van der Waals surface area contributed by atoms with Gasteiger partial charge in [0, 0.05) is 16.8 Å². The quantitative estimate of drug-likeness (QED) is 0.592. The second-order valence-electron chi connectivity index (χ2n) is 6.98. The molecule has 1 aliphatic rings. The fourth-order valence-electron chi connectivity index (χ4n) is 3.58. The fraction of sp³-hybridized carbons (Fsp3) is 0.286. The molecule has 144 valence electrons. The topological polar surface area (TPSA) is 114 Å². The van der Waals surface area contributed by atoms with E-state index in [-0.39, 0.29) is 11.7 Å². The Balaban J connectivity index is 1.47. The standard InChI is InChI=1S/C21H22N4O3/c22-20(26)19-10-9-18(28-19)13-5-4-6-14(11-13)21(27)23-12-17-15-7-2-1-3-8-16(15)24-25-17/h4-6,9-11H,1-3,7-8,12H2,(H2,22,26)(H,23,27)(H,24,25). The van der Waals surface area contributed by atoms with Gasteiger partial charge in [-0.2, -0.15) is 5.10 Å². The van der Waals surface area contributed by atoms with Gasteiger partial charge in [-0.15, -0.1) is 0 Å². The maximum absolute atomic E-state index is 12.6. The minimum absolute atomic E-state index is 0.0871. The molecule has 1 aromatic carbocycles. The zero-order valence-electron chi connectivity index (χ0n) is 15.5. The Hall–Kier alpha value is -3.35. The van der Waals surface area contributed by atoms with Crippen LogP contribution in [0.15, 0.2) is 40.8 Å². The molecule has 3 aromatic rings. The Morgan fingerprint density at radius 2 is 2.00 bits per heavy atom. The van der Waals surface area contributed by atoms with Gasteiger partial charge < -0.3 is 15.5 Å². The van der Waals surface area contributed by atoms with E-state index in [1.165, 1.54) is 30.2 Å². The van der Waals surface area contributed by atoms with Gasteiger partial charge in [0.15, 0.2) is 5.76 Å². The minimum Gasteiger partial charge on any atom is -0.451 e. The number of aromatic amines is 1. The highest BCUT2D eigenvalue weighted by molar-refractivity contribution is 5.95. The van der Waals surface area contributed by atoms with Gasteiger partial charge in [-0.1, -0.05) is 18.6 Å². The summed E-state index contributed by atoms with van der Waals surface area (Å²) in [5.74, 6) is -0.239. The first-order chi connectivity index (χ1) is 13.6. The largest absolute Gasteiger partial charge is 0.451 e. The van der Waals surface area contributed by atoms with Crippen LogP contribution in [0.4, 0.5) is 0 Å². The van der Waals surface area contributed by atoms with Crippen LogP contribution in [-0.4, -0.2) is 22.0 Å². The third-order valence-electron chi connectivity index (χ3n) is 5.07. The lowest BCUT2D eigenvalue weighted by molar-refractivity contribution is 0.0947. The van der Waals surface area contributed by atoms with Crippen LogP contribution in [0.2, 0.25) is 0 Å². The van der Waals surface area contributed by atoms with Crippen molar-refractivity contribution in [3.8, 4) is 11.3 Å². The molecule has 4 rings (SSSR count). The number of nitrogens with one attached hydrogen (secondary N) is 2. The number of hydrogen-bond donors (Lipinski definition) is 3. The Labute approximate surface area is 162 Å². The van der Waals surface area contributed by atoms with Gasteiger partial charge in [0.25, 0.3) is 11.8 Å². The third kappa shape index (κ3) is 3.69. The number of primary amides is 1. The van der Waals surface area contributed by atoms with Crippen molar-refractivity contribution in [3.63, 3.8) is 0 Å². The van der Waals surface area contributed by atoms with Crippen LogP contribution >= 0.6 is 0 Å². The molecular formula is C21H22N4O3. The van der Waals surface area contributed by atoms with Gasteiger partial charge in [0.1, 0.15) is 5.76 Å². The van der Waals surface area contributed by atoms with Crippen molar-refractivity contribution in [2.75, 3.05) is 0 Å². The van der Waals surface area contributed by atoms with Gasteiger partial charge >= 0.3 is 0 Å². The van der Waals surface area contributed by atoms with Crippen molar-refractivity contribution in [3.05, 3.63) is 64.7 Å². The molecule has 0 fully saturated rings. The summed E-state index contributed by atoms with van der Waals surface area (Å²) in [6.45, 7) is 0.390. The fourth-order valence-corrected chi connectivity index (χ4v) is 3.58. The highest BCUT2D eigenvalue weighted by Crippen LogP contribution is 2.24. The smallest absolute Gasteiger partial charge is 0.284 e. The number of furan rings is 1. The molecule has 28 heavy (non-hydrogen) atoms. The molecule has 0 bridgehead atoms. The summed E-state index contributed by atoms with van der Waals surface area (Å²) in [6.07, 6.45) is 5.59. The second kappa shape index (κ2) is 7.72. The number of carbonyl (C=O) groups excluding carboxylic acids is 2. The molecule has 7 nitrogen and oxygen atoms in total. The monoisotopic (exact) mass is 378 g/mol. The van der Waals surface area contributed by atoms with Crippen LogP contribution < -0.4 is 11.1 Å². The van der Waals surface area contributed by atoms with Crippen LogP contribution in [-0.2, 0) is 19.4 Å². The summed E-state index contributed by atoms with van der Waals surface area (Å²) in [6, 6.07) is 10.2. The number of benzene rings is 1. The van der Waals surface area contributed by atoms with Gasteiger partial charge in [-0.05, 0) is 55.5 Å².